The van der Waals surface area contributed by atoms with Crippen molar-refractivity contribution in [2.45, 2.75) is 24.7 Å². The van der Waals surface area contributed by atoms with Gasteiger partial charge in [-0.1, -0.05) is 35.4 Å². The molecule has 3 aliphatic heterocycles. The molecule has 16 nitrogen and oxygen atoms in total. The molecule has 4 aromatic carbocycles. The number of fused-ring (bicyclic) bond motifs is 5. The SMILES string of the molecule is CN(C)c1c([N+](=O)[O-])cc(N2C(=O)C3CC=C4C(CC5C(=O)N(Nc6ccc(F)cc6)C(=O)C5(c5ccc(Cl)cc5)C4C4=COc5ccc(O)cc5C4)C3C2=O)cc1[N+](=O)[O-]. The van der Waals surface area contributed by atoms with E-state index >= 15 is 4.79 Å². The standard InChI is InChI=1S/C43H34ClFN6O10/c1-47(2)38-33(50(57)58)17-27(18-34(38)51(59)60)48-39(53)30-13-12-29-31(36(30)41(48)55)19-32-40(54)49(46-26-9-7-25(45)8-10-26)42(56)43(32,23-3-5-24(44)6-4-23)37(29)22-15-21-16-28(52)11-14-35(21)61-20-22/h3-12,14,16-18,20,30-32,36-37,46,52H,13,15,19H2,1-2H3. The predicted octanol–water partition coefficient (Wildman–Crippen LogP) is 6.61. The first-order valence-electron chi connectivity index (χ1n) is 19.2. The Hall–Kier alpha value is -7.14. The summed E-state index contributed by atoms with van der Waals surface area (Å²) in [6.07, 6.45) is 3.31. The summed E-state index contributed by atoms with van der Waals surface area (Å²) >= 11 is 6.38. The largest absolute Gasteiger partial charge is 0.508 e. The van der Waals surface area contributed by atoms with E-state index in [-0.39, 0.29) is 42.1 Å². The third-order valence-corrected chi connectivity index (χ3v) is 12.8. The van der Waals surface area contributed by atoms with Crippen molar-refractivity contribution in [1.29, 1.82) is 0 Å². The van der Waals surface area contributed by atoms with Crippen molar-refractivity contribution in [3.63, 3.8) is 0 Å². The molecule has 18 heteroatoms. The van der Waals surface area contributed by atoms with E-state index in [2.05, 4.69) is 5.43 Å². The Kier molecular flexibility index (Phi) is 9.19. The number of hydrazine groups is 1. The van der Waals surface area contributed by atoms with Crippen LogP contribution in [0.4, 0.5) is 32.8 Å². The molecule has 0 bridgehead atoms. The molecule has 2 N–H and O–H groups in total. The number of phenolic OH excluding ortho intramolecular Hbond substituents is 1. The Morgan fingerprint density at radius 1 is 0.902 bits per heavy atom. The molecule has 6 unspecified atom stereocenters. The van der Waals surface area contributed by atoms with Crippen LogP contribution < -0.4 is 20.0 Å². The number of rotatable bonds is 8. The van der Waals surface area contributed by atoms with E-state index < -0.39 is 85.7 Å². The van der Waals surface area contributed by atoms with Crippen LogP contribution in [0, 0.1) is 55.6 Å². The van der Waals surface area contributed by atoms with Gasteiger partial charge in [-0.3, -0.25) is 44.8 Å². The van der Waals surface area contributed by atoms with Gasteiger partial charge in [0.05, 0.1) is 50.7 Å². The van der Waals surface area contributed by atoms with E-state index in [0.29, 0.717) is 33.0 Å². The maximum absolute atomic E-state index is 15.4. The number of anilines is 3. The summed E-state index contributed by atoms with van der Waals surface area (Å²) in [5, 5.41) is 36.3. The second-order valence-electron chi connectivity index (χ2n) is 15.9. The highest BCUT2D eigenvalue weighted by molar-refractivity contribution is 6.30. The minimum atomic E-state index is -1.71. The lowest BCUT2D eigenvalue weighted by molar-refractivity contribution is -0.392. The molecule has 1 saturated carbocycles. The molecule has 5 aliphatic rings. The lowest BCUT2D eigenvalue weighted by Crippen LogP contribution is -2.55. The Labute approximate surface area is 350 Å². The first-order chi connectivity index (χ1) is 29.1. The van der Waals surface area contributed by atoms with Gasteiger partial charge in [-0.25, -0.2) is 9.29 Å². The van der Waals surface area contributed by atoms with E-state index in [1.165, 1.54) is 61.7 Å². The van der Waals surface area contributed by atoms with Crippen LogP contribution in [-0.4, -0.2) is 57.7 Å². The maximum Gasteiger partial charge on any atom is 0.301 e. The summed E-state index contributed by atoms with van der Waals surface area (Å²) in [6.45, 7) is 0. The third kappa shape index (κ3) is 5.93. The van der Waals surface area contributed by atoms with E-state index in [1.54, 1.807) is 36.4 Å². The van der Waals surface area contributed by atoms with Crippen LogP contribution in [0.25, 0.3) is 0 Å². The molecule has 6 atom stereocenters. The van der Waals surface area contributed by atoms with Crippen LogP contribution >= 0.6 is 11.6 Å². The van der Waals surface area contributed by atoms with E-state index in [4.69, 9.17) is 16.3 Å². The molecule has 0 spiro atoms. The normalized spacial score (nSPS) is 25.1. The average molecular weight is 849 g/mol. The van der Waals surface area contributed by atoms with E-state index in [9.17, 15) is 44.1 Å². The fourth-order valence-electron chi connectivity index (χ4n) is 10.2. The van der Waals surface area contributed by atoms with Gasteiger partial charge < -0.3 is 14.7 Å². The molecule has 4 aromatic rings. The second kappa shape index (κ2) is 14.3. The summed E-state index contributed by atoms with van der Waals surface area (Å²) in [4.78, 5) is 84.5. The fraction of sp³-hybridized carbons (Fsp3) is 0.256. The number of ether oxygens (including phenoxy) is 1. The number of phenols is 1. The number of halogens is 2. The number of nitrogens with one attached hydrogen (secondary N) is 1. The number of carbonyl (C=O) groups excluding carboxylic acids is 4. The Morgan fingerprint density at radius 3 is 2.21 bits per heavy atom. The van der Waals surface area contributed by atoms with Crippen molar-refractivity contribution >= 4 is 63.7 Å². The molecular formula is C43H34ClFN6O10. The van der Waals surface area contributed by atoms with Gasteiger partial charge in [-0.15, -0.1) is 0 Å². The minimum absolute atomic E-state index is 0.0133. The van der Waals surface area contributed by atoms with Crippen LogP contribution in [0.15, 0.2) is 102 Å². The number of benzene rings is 4. The molecule has 4 amide bonds. The molecule has 0 radical (unpaired) electrons. The highest BCUT2D eigenvalue weighted by Crippen LogP contribution is 2.63. The van der Waals surface area contributed by atoms with Gasteiger partial charge >= 0.3 is 11.4 Å². The van der Waals surface area contributed by atoms with Crippen LogP contribution in [0.3, 0.4) is 0 Å². The van der Waals surface area contributed by atoms with E-state index in [0.717, 1.165) is 22.0 Å². The summed E-state index contributed by atoms with van der Waals surface area (Å²) in [5.74, 6) is -8.16. The molecule has 2 aliphatic carbocycles. The summed E-state index contributed by atoms with van der Waals surface area (Å²) < 4.78 is 20.1. The lowest BCUT2D eigenvalue weighted by Gasteiger charge is -2.51. The summed E-state index contributed by atoms with van der Waals surface area (Å²) in [5.41, 5.74) is 1.47. The van der Waals surface area contributed by atoms with Crippen molar-refractivity contribution in [3.8, 4) is 11.5 Å². The molecule has 2 saturated heterocycles. The zero-order valence-electron chi connectivity index (χ0n) is 32.3. The number of imide groups is 2. The monoisotopic (exact) mass is 848 g/mol. The Morgan fingerprint density at radius 2 is 1.57 bits per heavy atom. The van der Waals surface area contributed by atoms with Gasteiger partial charge in [0.15, 0.2) is 5.69 Å². The highest BCUT2D eigenvalue weighted by Gasteiger charge is 2.71. The third-order valence-electron chi connectivity index (χ3n) is 12.6. The molecular weight excluding hydrogens is 815 g/mol. The molecule has 0 aromatic heterocycles. The average Bonchev–Trinajstić information content (AvgIpc) is 3.61. The summed E-state index contributed by atoms with van der Waals surface area (Å²) in [6, 6.07) is 18.1. The molecule has 3 fully saturated rings. The smallest absolute Gasteiger partial charge is 0.301 e. The quantitative estimate of drug-likeness (QED) is 0.0832. The zero-order valence-corrected chi connectivity index (χ0v) is 33.0. The van der Waals surface area contributed by atoms with Crippen molar-refractivity contribution < 1.29 is 43.3 Å². The lowest BCUT2D eigenvalue weighted by atomic mass is 9.48. The van der Waals surface area contributed by atoms with Crippen molar-refractivity contribution in [2.24, 2.45) is 29.6 Å². The number of hydrogen-bond donors (Lipinski definition) is 2. The predicted molar refractivity (Wildman–Crippen MR) is 217 cm³/mol. The summed E-state index contributed by atoms with van der Waals surface area (Å²) in [7, 11) is 2.79. The van der Waals surface area contributed by atoms with Gasteiger partial charge in [0.2, 0.25) is 11.8 Å². The number of amides is 4. The van der Waals surface area contributed by atoms with Crippen molar-refractivity contribution in [2.75, 3.05) is 29.3 Å². The number of nitrogens with zero attached hydrogens (tertiary/aromatic N) is 5. The van der Waals surface area contributed by atoms with E-state index in [1.807, 2.05) is 0 Å². The Bertz CT molecular complexity index is 2650. The second-order valence-corrected chi connectivity index (χ2v) is 16.3. The number of carbonyl (C=O) groups is 4. The van der Waals surface area contributed by atoms with Crippen LogP contribution in [0.5, 0.6) is 11.5 Å². The minimum Gasteiger partial charge on any atom is -0.508 e. The zero-order chi connectivity index (χ0) is 43.2. The van der Waals surface area contributed by atoms with Crippen molar-refractivity contribution in [3.05, 3.63) is 145 Å². The number of nitro groups is 2. The highest BCUT2D eigenvalue weighted by atomic mass is 35.5. The topological polar surface area (TPSA) is 206 Å². The maximum atomic E-state index is 15.4. The molecule has 3 heterocycles. The molecule has 310 valence electrons. The Balaban J connectivity index is 1.21. The number of hydrogen-bond acceptors (Lipinski definition) is 12. The first kappa shape index (κ1) is 39.3. The van der Waals surface area contributed by atoms with Gasteiger partial charge in [-0.05, 0) is 84.5 Å². The van der Waals surface area contributed by atoms with Gasteiger partial charge in [0.25, 0.3) is 11.8 Å². The number of allylic oxidation sites excluding steroid dienone is 3. The molecule has 9 rings (SSSR count). The first-order valence-corrected chi connectivity index (χ1v) is 19.6. The van der Waals surface area contributed by atoms with Crippen LogP contribution in [0.1, 0.15) is 24.0 Å². The van der Waals surface area contributed by atoms with Crippen LogP contribution in [-0.2, 0) is 31.0 Å². The van der Waals surface area contributed by atoms with Crippen LogP contribution in [0.2, 0.25) is 5.02 Å². The van der Waals surface area contributed by atoms with Gasteiger partial charge in [0, 0.05) is 49.2 Å². The van der Waals surface area contributed by atoms with Gasteiger partial charge in [-0.2, -0.15) is 5.01 Å². The van der Waals surface area contributed by atoms with Gasteiger partial charge in [0.1, 0.15) is 17.3 Å². The number of nitro benzene ring substituents is 2. The fourth-order valence-corrected chi connectivity index (χ4v) is 10.3. The molecule has 61 heavy (non-hydrogen) atoms. The van der Waals surface area contributed by atoms with Crippen molar-refractivity contribution in [1.82, 2.24) is 5.01 Å². The number of aromatic hydroxyl groups is 1.